The number of anilines is 1. The van der Waals surface area contributed by atoms with E-state index < -0.39 is 22.5 Å². The van der Waals surface area contributed by atoms with E-state index in [1.54, 1.807) is 0 Å². The zero-order chi connectivity index (χ0) is 15.8. The summed E-state index contributed by atoms with van der Waals surface area (Å²) in [6, 6.07) is 5.25. The van der Waals surface area contributed by atoms with Gasteiger partial charge in [0, 0.05) is 28.9 Å². The molecule has 0 fully saturated rings. The number of nitro benzene ring substituents is 1. The summed E-state index contributed by atoms with van der Waals surface area (Å²) in [4.78, 5) is 9.99. The lowest BCUT2D eigenvalue weighted by molar-refractivity contribution is -0.384. The van der Waals surface area contributed by atoms with E-state index in [1.807, 2.05) is 0 Å². The maximum atomic E-state index is 13.9. The Labute approximate surface area is 116 Å². The first kappa shape index (κ1) is 14.8. The number of nitrogens with zero attached hydrogens (tertiary/aromatic N) is 1. The van der Waals surface area contributed by atoms with Gasteiger partial charge in [-0.3, -0.25) is 10.1 Å². The summed E-state index contributed by atoms with van der Waals surface area (Å²) in [5.41, 5.74) is 3.89. The Bertz CT molecular complexity index is 714. The summed E-state index contributed by atoms with van der Waals surface area (Å²) in [6.45, 7) is 0. The minimum atomic E-state index is -4.67. The second-order valence-electron chi connectivity index (χ2n) is 4.22. The molecule has 4 nitrogen and oxygen atoms in total. The van der Waals surface area contributed by atoms with Crippen LogP contribution in [-0.4, -0.2) is 4.92 Å². The zero-order valence-electron chi connectivity index (χ0n) is 10.3. The number of hydrogen-bond acceptors (Lipinski definition) is 3. The lowest BCUT2D eigenvalue weighted by Crippen LogP contribution is -2.05. The van der Waals surface area contributed by atoms with Crippen LogP contribution in [0.25, 0.3) is 11.1 Å². The molecular weight excluding hydrogens is 292 g/mol. The zero-order valence-corrected chi connectivity index (χ0v) is 10.3. The molecular formula is C13H8F4N2O2. The standard InChI is InChI=1S/C13H8F4N2O2/c14-11-5-7(13(15,16)17)1-3-9(11)10-6-8(19(20)21)2-4-12(10)18/h1-6H,18H2. The molecule has 0 unspecified atom stereocenters. The lowest BCUT2D eigenvalue weighted by Gasteiger charge is -2.10. The van der Waals surface area contributed by atoms with E-state index in [2.05, 4.69) is 0 Å². The average molecular weight is 300 g/mol. The van der Waals surface area contributed by atoms with Gasteiger partial charge in [-0.2, -0.15) is 13.2 Å². The lowest BCUT2D eigenvalue weighted by atomic mass is 10.0. The fraction of sp³-hybridized carbons (Fsp3) is 0.0769. The third kappa shape index (κ3) is 2.93. The van der Waals surface area contributed by atoms with Crippen LogP contribution in [0, 0.1) is 15.9 Å². The third-order valence-corrected chi connectivity index (χ3v) is 2.83. The van der Waals surface area contributed by atoms with Crippen molar-refractivity contribution in [2.75, 3.05) is 5.73 Å². The molecule has 0 bridgehead atoms. The van der Waals surface area contributed by atoms with Crippen LogP contribution in [0.3, 0.4) is 0 Å². The molecule has 2 rings (SSSR count). The summed E-state index contributed by atoms with van der Waals surface area (Å²) >= 11 is 0. The van der Waals surface area contributed by atoms with Crippen LogP contribution in [0.4, 0.5) is 28.9 Å². The van der Waals surface area contributed by atoms with Crippen molar-refractivity contribution in [3.8, 4) is 11.1 Å². The average Bonchev–Trinajstić information content (AvgIpc) is 2.38. The van der Waals surface area contributed by atoms with Crippen molar-refractivity contribution in [3.05, 3.63) is 57.9 Å². The molecule has 2 aromatic rings. The second-order valence-corrected chi connectivity index (χ2v) is 4.22. The van der Waals surface area contributed by atoms with Gasteiger partial charge >= 0.3 is 6.18 Å². The molecule has 2 aromatic carbocycles. The van der Waals surface area contributed by atoms with Crippen LogP contribution in [0.5, 0.6) is 0 Å². The van der Waals surface area contributed by atoms with E-state index in [1.165, 1.54) is 6.07 Å². The molecule has 0 aliphatic heterocycles. The van der Waals surface area contributed by atoms with Crippen molar-refractivity contribution in [2.45, 2.75) is 6.18 Å². The molecule has 0 spiro atoms. The minimum absolute atomic E-state index is 0.0271. The summed E-state index contributed by atoms with van der Waals surface area (Å²) in [6.07, 6.45) is -4.67. The van der Waals surface area contributed by atoms with E-state index in [4.69, 9.17) is 5.73 Å². The van der Waals surface area contributed by atoms with Crippen LogP contribution < -0.4 is 5.73 Å². The Morgan fingerprint density at radius 2 is 1.71 bits per heavy atom. The highest BCUT2D eigenvalue weighted by molar-refractivity contribution is 5.78. The smallest absolute Gasteiger partial charge is 0.398 e. The molecule has 110 valence electrons. The van der Waals surface area contributed by atoms with Crippen LogP contribution in [0.1, 0.15) is 5.56 Å². The van der Waals surface area contributed by atoms with Crippen molar-refractivity contribution in [1.29, 1.82) is 0 Å². The highest BCUT2D eigenvalue weighted by atomic mass is 19.4. The third-order valence-electron chi connectivity index (χ3n) is 2.83. The second kappa shape index (κ2) is 5.04. The maximum absolute atomic E-state index is 13.9. The van der Waals surface area contributed by atoms with Gasteiger partial charge in [-0.1, -0.05) is 6.07 Å². The van der Waals surface area contributed by atoms with Gasteiger partial charge in [0.15, 0.2) is 0 Å². The molecule has 0 heterocycles. The van der Waals surface area contributed by atoms with Crippen molar-refractivity contribution >= 4 is 11.4 Å². The summed E-state index contributed by atoms with van der Waals surface area (Å²) in [5.74, 6) is -1.16. The van der Waals surface area contributed by atoms with Gasteiger partial charge in [0.25, 0.3) is 5.69 Å². The van der Waals surface area contributed by atoms with E-state index in [0.717, 1.165) is 18.2 Å². The Balaban J connectivity index is 2.57. The molecule has 0 amide bonds. The molecule has 0 saturated carbocycles. The largest absolute Gasteiger partial charge is 0.416 e. The van der Waals surface area contributed by atoms with Crippen molar-refractivity contribution < 1.29 is 22.5 Å². The fourth-order valence-electron chi connectivity index (χ4n) is 1.80. The number of alkyl halides is 3. The minimum Gasteiger partial charge on any atom is -0.398 e. The van der Waals surface area contributed by atoms with Crippen LogP contribution in [0.2, 0.25) is 0 Å². The first-order valence-electron chi connectivity index (χ1n) is 5.61. The topological polar surface area (TPSA) is 69.2 Å². The number of non-ortho nitro benzene ring substituents is 1. The number of nitro groups is 1. The number of nitrogens with two attached hydrogens (primary N) is 1. The van der Waals surface area contributed by atoms with Gasteiger partial charge in [0.1, 0.15) is 5.82 Å². The molecule has 0 aliphatic rings. The van der Waals surface area contributed by atoms with Crippen molar-refractivity contribution in [2.24, 2.45) is 0 Å². The quantitative estimate of drug-likeness (QED) is 0.394. The first-order valence-corrected chi connectivity index (χ1v) is 5.61. The molecule has 0 radical (unpaired) electrons. The summed E-state index contributed by atoms with van der Waals surface area (Å²) in [7, 11) is 0. The molecule has 0 aliphatic carbocycles. The van der Waals surface area contributed by atoms with Gasteiger partial charge in [-0.05, 0) is 18.2 Å². The highest BCUT2D eigenvalue weighted by Gasteiger charge is 2.31. The SMILES string of the molecule is Nc1ccc([N+](=O)[O-])cc1-c1ccc(C(F)(F)F)cc1F. The summed E-state index contributed by atoms with van der Waals surface area (Å²) < 4.78 is 51.3. The molecule has 21 heavy (non-hydrogen) atoms. The van der Waals surface area contributed by atoms with Gasteiger partial charge in [-0.25, -0.2) is 4.39 Å². The Morgan fingerprint density at radius 1 is 1.05 bits per heavy atom. The number of benzene rings is 2. The molecule has 0 atom stereocenters. The summed E-state index contributed by atoms with van der Waals surface area (Å²) in [5, 5.41) is 10.7. The van der Waals surface area contributed by atoms with Crippen LogP contribution in [0.15, 0.2) is 36.4 Å². The van der Waals surface area contributed by atoms with Gasteiger partial charge in [0.05, 0.1) is 10.5 Å². The van der Waals surface area contributed by atoms with Crippen LogP contribution >= 0.6 is 0 Å². The molecule has 2 N–H and O–H groups in total. The fourth-order valence-corrected chi connectivity index (χ4v) is 1.80. The highest BCUT2D eigenvalue weighted by Crippen LogP contribution is 2.35. The molecule has 0 aromatic heterocycles. The maximum Gasteiger partial charge on any atom is 0.416 e. The van der Waals surface area contributed by atoms with Gasteiger partial charge in [0.2, 0.25) is 0 Å². The predicted octanol–water partition coefficient (Wildman–Crippen LogP) is 4.00. The number of nitrogen functional groups attached to an aromatic ring is 1. The monoisotopic (exact) mass is 300 g/mol. The normalized spacial score (nSPS) is 11.4. The first-order chi connectivity index (χ1) is 9.70. The number of rotatable bonds is 2. The Kier molecular flexibility index (Phi) is 3.54. The van der Waals surface area contributed by atoms with E-state index in [0.29, 0.717) is 12.1 Å². The predicted molar refractivity (Wildman–Crippen MR) is 67.9 cm³/mol. The Hall–Kier alpha value is -2.64. The van der Waals surface area contributed by atoms with E-state index >= 15 is 0 Å². The molecule has 8 heteroatoms. The Morgan fingerprint density at radius 3 is 2.24 bits per heavy atom. The van der Waals surface area contributed by atoms with Crippen molar-refractivity contribution in [3.63, 3.8) is 0 Å². The number of halogens is 4. The van der Waals surface area contributed by atoms with Crippen LogP contribution in [-0.2, 0) is 6.18 Å². The number of hydrogen-bond donors (Lipinski definition) is 1. The van der Waals surface area contributed by atoms with Gasteiger partial charge in [-0.15, -0.1) is 0 Å². The van der Waals surface area contributed by atoms with Gasteiger partial charge < -0.3 is 5.73 Å². The van der Waals surface area contributed by atoms with E-state index in [9.17, 15) is 27.7 Å². The van der Waals surface area contributed by atoms with E-state index in [-0.39, 0.29) is 22.5 Å². The molecule has 0 saturated heterocycles. The van der Waals surface area contributed by atoms with Crippen molar-refractivity contribution in [1.82, 2.24) is 0 Å².